The number of carbonyl (C=O) groups is 1. The molecule has 0 aliphatic carbocycles. The number of aromatic nitrogens is 2. The number of methoxy groups -OCH3 is 1. The number of hydrogen-bond acceptors (Lipinski definition) is 8. The van der Waals surface area contributed by atoms with Crippen LogP contribution >= 0.6 is 11.6 Å². The maximum atomic E-state index is 12.1. The molecule has 31 heavy (non-hydrogen) atoms. The van der Waals surface area contributed by atoms with Gasteiger partial charge in [-0.15, -0.1) is 0 Å². The first-order valence-electron chi connectivity index (χ1n) is 9.62. The van der Waals surface area contributed by atoms with Gasteiger partial charge in [0.25, 0.3) is 0 Å². The highest BCUT2D eigenvalue weighted by Crippen LogP contribution is 2.25. The Morgan fingerprint density at radius 2 is 1.77 bits per heavy atom. The summed E-state index contributed by atoms with van der Waals surface area (Å²) >= 11 is 5.96. The fourth-order valence-electron chi connectivity index (χ4n) is 2.57. The SMILES string of the molecule is COCCOC(C)OC(=O)C(C)Oc1ccc(Oc2cnc3cc(Cl)ccc3n2)cc1. The van der Waals surface area contributed by atoms with E-state index in [4.69, 9.17) is 35.3 Å². The quantitative estimate of drug-likeness (QED) is 0.257. The van der Waals surface area contributed by atoms with Gasteiger partial charge in [0.15, 0.2) is 12.4 Å². The zero-order valence-electron chi connectivity index (χ0n) is 17.4. The van der Waals surface area contributed by atoms with E-state index < -0.39 is 18.4 Å². The lowest BCUT2D eigenvalue weighted by atomic mass is 10.3. The highest BCUT2D eigenvalue weighted by molar-refractivity contribution is 6.31. The fraction of sp³-hybridized carbons (Fsp3) is 0.318. The van der Waals surface area contributed by atoms with Crippen LogP contribution in [0.1, 0.15) is 13.8 Å². The Hall–Kier alpha value is -2.94. The number of esters is 1. The molecule has 3 rings (SSSR count). The van der Waals surface area contributed by atoms with Gasteiger partial charge in [-0.1, -0.05) is 11.6 Å². The average molecular weight is 447 g/mol. The number of benzene rings is 2. The summed E-state index contributed by atoms with van der Waals surface area (Å²) in [5.41, 5.74) is 1.36. The molecule has 0 radical (unpaired) electrons. The van der Waals surface area contributed by atoms with Crippen molar-refractivity contribution in [2.45, 2.75) is 26.2 Å². The third-order valence-corrected chi connectivity index (χ3v) is 4.33. The average Bonchev–Trinajstić information content (AvgIpc) is 2.75. The zero-order valence-corrected chi connectivity index (χ0v) is 18.2. The molecule has 3 aromatic rings. The Kier molecular flexibility index (Phi) is 8.00. The number of rotatable bonds is 10. The van der Waals surface area contributed by atoms with Gasteiger partial charge in [-0.25, -0.2) is 14.8 Å². The van der Waals surface area contributed by atoms with Gasteiger partial charge >= 0.3 is 5.97 Å². The second kappa shape index (κ2) is 10.9. The highest BCUT2D eigenvalue weighted by Gasteiger charge is 2.19. The van der Waals surface area contributed by atoms with Crippen molar-refractivity contribution in [1.82, 2.24) is 9.97 Å². The lowest BCUT2D eigenvalue weighted by molar-refractivity contribution is -0.183. The van der Waals surface area contributed by atoms with E-state index in [1.807, 2.05) is 0 Å². The van der Waals surface area contributed by atoms with Gasteiger partial charge in [-0.2, -0.15) is 0 Å². The summed E-state index contributed by atoms with van der Waals surface area (Å²) in [5.74, 6) is 0.856. The van der Waals surface area contributed by atoms with Crippen molar-refractivity contribution in [3.63, 3.8) is 0 Å². The Labute approximate surface area is 185 Å². The van der Waals surface area contributed by atoms with Crippen LogP contribution in [0.15, 0.2) is 48.7 Å². The smallest absolute Gasteiger partial charge is 0.349 e. The van der Waals surface area contributed by atoms with Gasteiger partial charge in [-0.05, 0) is 56.3 Å². The Bertz CT molecular complexity index is 1010. The summed E-state index contributed by atoms with van der Waals surface area (Å²) in [6, 6.07) is 12.0. The summed E-state index contributed by atoms with van der Waals surface area (Å²) in [6.07, 6.45) is 0.0267. The molecule has 0 saturated heterocycles. The molecule has 0 aliphatic heterocycles. The first-order valence-corrected chi connectivity index (χ1v) is 10.0. The predicted octanol–water partition coefficient (Wildman–Crippen LogP) is 4.40. The molecule has 2 atom stereocenters. The van der Waals surface area contributed by atoms with E-state index in [-0.39, 0.29) is 0 Å². The number of halogens is 1. The first kappa shape index (κ1) is 22.7. The molecule has 8 nitrogen and oxygen atoms in total. The van der Waals surface area contributed by atoms with E-state index >= 15 is 0 Å². The summed E-state index contributed by atoms with van der Waals surface area (Å²) in [7, 11) is 1.57. The van der Waals surface area contributed by atoms with E-state index in [1.165, 1.54) is 6.20 Å². The van der Waals surface area contributed by atoms with Gasteiger partial charge in [0.1, 0.15) is 11.5 Å². The topological polar surface area (TPSA) is 89.0 Å². The van der Waals surface area contributed by atoms with Gasteiger partial charge in [0.2, 0.25) is 5.88 Å². The largest absolute Gasteiger partial charge is 0.479 e. The molecular weight excluding hydrogens is 424 g/mol. The lowest BCUT2D eigenvalue weighted by Crippen LogP contribution is -2.30. The number of hydrogen-bond donors (Lipinski definition) is 0. The molecule has 0 amide bonds. The molecule has 0 aliphatic rings. The van der Waals surface area contributed by atoms with Crippen LogP contribution in [0.2, 0.25) is 5.02 Å². The maximum Gasteiger partial charge on any atom is 0.349 e. The van der Waals surface area contributed by atoms with E-state index in [1.54, 1.807) is 63.4 Å². The van der Waals surface area contributed by atoms with Crippen LogP contribution in [0, 0.1) is 0 Å². The summed E-state index contributed by atoms with van der Waals surface area (Å²) < 4.78 is 26.7. The lowest BCUT2D eigenvalue weighted by Gasteiger charge is -2.18. The van der Waals surface area contributed by atoms with Crippen LogP contribution in [-0.4, -0.2) is 48.7 Å². The van der Waals surface area contributed by atoms with E-state index in [0.29, 0.717) is 46.6 Å². The van der Waals surface area contributed by atoms with Crippen LogP contribution in [0.4, 0.5) is 0 Å². The second-order valence-corrected chi connectivity index (χ2v) is 6.98. The Balaban J connectivity index is 1.53. The van der Waals surface area contributed by atoms with Crippen molar-refractivity contribution in [1.29, 1.82) is 0 Å². The molecule has 9 heteroatoms. The first-order chi connectivity index (χ1) is 14.9. The molecular formula is C22H23ClN2O6. The molecule has 0 spiro atoms. The third kappa shape index (κ3) is 6.78. The summed E-state index contributed by atoms with van der Waals surface area (Å²) in [4.78, 5) is 20.8. The maximum absolute atomic E-state index is 12.1. The van der Waals surface area contributed by atoms with Crippen molar-refractivity contribution >= 4 is 28.6 Å². The van der Waals surface area contributed by atoms with Gasteiger partial charge < -0.3 is 23.7 Å². The predicted molar refractivity (Wildman–Crippen MR) is 115 cm³/mol. The molecule has 1 heterocycles. The Morgan fingerprint density at radius 1 is 1.03 bits per heavy atom. The standard InChI is InChI=1S/C22H23ClN2O6/c1-14(22(26)30-15(2)28-11-10-27-3)29-17-5-7-18(8-6-17)31-21-13-24-20-12-16(23)4-9-19(20)25-21/h4-9,12-15H,10-11H2,1-3H3. The second-order valence-electron chi connectivity index (χ2n) is 6.54. The number of ether oxygens (including phenoxy) is 5. The van der Waals surface area contributed by atoms with Crippen molar-refractivity contribution in [2.24, 2.45) is 0 Å². The Morgan fingerprint density at radius 3 is 2.52 bits per heavy atom. The minimum absolute atomic E-state index is 0.330. The number of carbonyl (C=O) groups excluding carboxylic acids is 1. The van der Waals surface area contributed by atoms with Crippen LogP contribution in [0.3, 0.4) is 0 Å². The zero-order chi connectivity index (χ0) is 22.2. The van der Waals surface area contributed by atoms with Crippen molar-refractivity contribution in [3.8, 4) is 17.4 Å². The van der Waals surface area contributed by atoms with Crippen molar-refractivity contribution < 1.29 is 28.5 Å². The third-order valence-electron chi connectivity index (χ3n) is 4.10. The van der Waals surface area contributed by atoms with Gasteiger partial charge in [0, 0.05) is 12.1 Å². The molecule has 0 saturated carbocycles. The van der Waals surface area contributed by atoms with E-state index in [2.05, 4.69) is 9.97 Å². The fourth-order valence-corrected chi connectivity index (χ4v) is 2.73. The van der Waals surface area contributed by atoms with Crippen LogP contribution in [0.25, 0.3) is 11.0 Å². The molecule has 2 aromatic carbocycles. The normalized spacial score (nSPS) is 12.9. The molecule has 2 unspecified atom stereocenters. The monoisotopic (exact) mass is 446 g/mol. The number of nitrogens with zero attached hydrogens (tertiary/aromatic N) is 2. The van der Waals surface area contributed by atoms with Gasteiger partial charge in [-0.3, -0.25) is 0 Å². The van der Waals surface area contributed by atoms with E-state index in [9.17, 15) is 4.79 Å². The minimum atomic E-state index is -0.807. The number of fused-ring (bicyclic) bond motifs is 1. The van der Waals surface area contributed by atoms with E-state index in [0.717, 1.165) is 0 Å². The summed E-state index contributed by atoms with van der Waals surface area (Å²) in [5, 5.41) is 0.595. The van der Waals surface area contributed by atoms with Crippen LogP contribution < -0.4 is 9.47 Å². The van der Waals surface area contributed by atoms with Crippen molar-refractivity contribution in [3.05, 3.63) is 53.7 Å². The molecule has 0 fully saturated rings. The summed E-state index contributed by atoms with van der Waals surface area (Å²) in [6.45, 7) is 3.99. The molecule has 0 N–H and O–H groups in total. The van der Waals surface area contributed by atoms with Gasteiger partial charge in [0.05, 0.1) is 30.4 Å². The minimum Gasteiger partial charge on any atom is -0.479 e. The van der Waals surface area contributed by atoms with Crippen LogP contribution in [0.5, 0.6) is 17.4 Å². The highest BCUT2D eigenvalue weighted by atomic mass is 35.5. The molecule has 0 bridgehead atoms. The van der Waals surface area contributed by atoms with Crippen LogP contribution in [-0.2, 0) is 19.0 Å². The van der Waals surface area contributed by atoms with Crippen molar-refractivity contribution in [2.75, 3.05) is 20.3 Å². The molecule has 164 valence electrons. The molecule has 1 aromatic heterocycles.